The van der Waals surface area contributed by atoms with Crippen molar-refractivity contribution >= 4 is 10.4 Å². The van der Waals surface area contributed by atoms with Gasteiger partial charge in [-0.1, -0.05) is 40.5 Å². The molecule has 4 aliphatic rings. The Morgan fingerprint density at radius 1 is 1.06 bits per heavy atom. The van der Waals surface area contributed by atoms with Gasteiger partial charge in [0.15, 0.2) is 0 Å². The van der Waals surface area contributed by atoms with Crippen LogP contribution in [-0.2, 0) is 14.6 Å². The zero-order chi connectivity index (χ0) is 26.7. The van der Waals surface area contributed by atoms with Crippen LogP contribution in [0, 0.1) is 46.3 Å². The van der Waals surface area contributed by atoms with Crippen LogP contribution in [0.15, 0.2) is 0 Å². The van der Waals surface area contributed by atoms with E-state index in [0.29, 0.717) is 31.6 Å². The van der Waals surface area contributed by atoms with E-state index in [4.69, 9.17) is 4.18 Å². The Hall–Kier alpha value is -0.290. The summed E-state index contributed by atoms with van der Waals surface area (Å²) in [5.41, 5.74) is -2.16. The quantitative estimate of drug-likeness (QED) is 0.299. The van der Waals surface area contributed by atoms with Crippen molar-refractivity contribution in [3.8, 4) is 0 Å². The second-order valence-corrected chi connectivity index (χ2v) is 14.5. The highest BCUT2D eigenvalue weighted by molar-refractivity contribution is 7.80. The first-order valence-electron chi connectivity index (χ1n) is 14.0. The lowest BCUT2D eigenvalue weighted by atomic mass is 9.42. The first-order chi connectivity index (χ1) is 16.7. The summed E-state index contributed by atoms with van der Waals surface area (Å²) in [6, 6.07) is 0. The Balaban J connectivity index is 1.64. The summed E-state index contributed by atoms with van der Waals surface area (Å²) >= 11 is 0. The van der Waals surface area contributed by atoms with Crippen LogP contribution >= 0.6 is 0 Å². The predicted octanol–water partition coefficient (Wildman–Crippen LogP) is 3.32. The second-order valence-electron chi connectivity index (χ2n) is 13.4. The summed E-state index contributed by atoms with van der Waals surface area (Å²) in [4.78, 5) is 0. The molecule has 0 radical (unpaired) electrons. The van der Waals surface area contributed by atoms with Crippen molar-refractivity contribution in [2.75, 3.05) is 6.61 Å². The molecule has 4 aliphatic carbocycles. The number of rotatable bonds is 8. The zero-order valence-electron chi connectivity index (χ0n) is 22.3. The van der Waals surface area contributed by atoms with Gasteiger partial charge in [0.05, 0.1) is 23.9 Å². The molecule has 1 unspecified atom stereocenters. The Bertz CT molecular complexity index is 896. The minimum absolute atomic E-state index is 0.0439. The first-order valence-corrected chi connectivity index (χ1v) is 15.4. The van der Waals surface area contributed by atoms with E-state index >= 15 is 0 Å². The molecule has 9 heteroatoms. The van der Waals surface area contributed by atoms with Gasteiger partial charge in [0.25, 0.3) is 0 Å². The van der Waals surface area contributed by atoms with E-state index in [-0.39, 0.29) is 48.0 Å². The highest BCUT2D eigenvalue weighted by atomic mass is 32.3. The fourth-order valence-corrected chi connectivity index (χ4v) is 10.1. The van der Waals surface area contributed by atoms with Gasteiger partial charge in [-0.15, -0.1) is 0 Å². The average Bonchev–Trinajstić information content (AvgIpc) is 3.06. The molecule has 0 bridgehead atoms. The van der Waals surface area contributed by atoms with Gasteiger partial charge in [0.1, 0.15) is 0 Å². The molecular formula is C27H48O8S. The monoisotopic (exact) mass is 532 g/mol. The third-order valence-corrected chi connectivity index (χ3v) is 12.0. The van der Waals surface area contributed by atoms with Gasteiger partial charge in [-0.25, -0.2) is 4.18 Å². The van der Waals surface area contributed by atoms with Gasteiger partial charge in [0, 0.05) is 18.4 Å². The summed E-state index contributed by atoms with van der Waals surface area (Å²) in [7, 11) is -4.65. The Labute approximate surface area is 216 Å². The summed E-state index contributed by atoms with van der Waals surface area (Å²) in [6.45, 7) is 8.71. The minimum atomic E-state index is -4.65. The largest absolute Gasteiger partial charge is 0.397 e. The van der Waals surface area contributed by atoms with Crippen molar-refractivity contribution in [1.29, 1.82) is 0 Å². The van der Waals surface area contributed by atoms with E-state index in [1.165, 1.54) is 0 Å². The van der Waals surface area contributed by atoms with Crippen LogP contribution in [0.1, 0.15) is 91.9 Å². The van der Waals surface area contributed by atoms with Crippen LogP contribution in [0.2, 0.25) is 0 Å². The van der Waals surface area contributed by atoms with E-state index in [0.717, 1.165) is 32.1 Å². The molecule has 4 saturated carbocycles. The molecule has 0 aromatic rings. The first kappa shape index (κ1) is 28.7. The average molecular weight is 533 g/mol. The molecule has 210 valence electrons. The maximum Gasteiger partial charge on any atom is 0.397 e. The van der Waals surface area contributed by atoms with E-state index in [9.17, 15) is 33.4 Å². The topological polar surface area (TPSA) is 145 Å². The van der Waals surface area contributed by atoms with Crippen molar-refractivity contribution in [3.05, 3.63) is 0 Å². The Morgan fingerprint density at radius 3 is 2.39 bits per heavy atom. The molecule has 12 atom stereocenters. The maximum absolute atomic E-state index is 11.9. The third-order valence-electron chi connectivity index (χ3n) is 11.5. The van der Waals surface area contributed by atoms with Crippen LogP contribution in [-0.4, -0.2) is 63.9 Å². The number of aliphatic hydroxyl groups is 4. The van der Waals surface area contributed by atoms with Gasteiger partial charge < -0.3 is 20.4 Å². The Morgan fingerprint density at radius 2 is 1.75 bits per heavy atom. The molecule has 0 saturated heterocycles. The summed E-state index contributed by atoms with van der Waals surface area (Å²) < 4.78 is 38.9. The van der Waals surface area contributed by atoms with Crippen LogP contribution in [0.5, 0.6) is 0 Å². The maximum atomic E-state index is 11.9. The predicted molar refractivity (Wildman–Crippen MR) is 135 cm³/mol. The minimum Gasteiger partial charge on any atom is -0.396 e. The number of fused-ring (bicyclic) bond motifs is 5. The molecule has 8 nitrogen and oxygen atoms in total. The van der Waals surface area contributed by atoms with Gasteiger partial charge in [-0.3, -0.25) is 4.55 Å². The van der Waals surface area contributed by atoms with E-state index in [2.05, 4.69) is 13.8 Å². The molecule has 0 spiro atoms. The lowest BCUT2D eigenvalue weighted by molar-refractivity contribution is -0.267. The number of hydrogen-bond acceptors (Lipinski definition) is 7. The van der Waals surface area contributed by atoms with Gasteiger partial charge in [-0.2, -0.15) is 8.42 Å². The lowest BCUT2D eigenvalue weighted by Gasteiger charge is -2.65. The van der Waals surface area contributed by atoms with Crippen molar-refractivity contribution in [2.24, 2.45) is 46.3 Å². The summed E-state index contributed by atoms with van der Waals surface area (Å²) in [5, 5.41) is 42.7. The van der Waals surface area contributed by atoms with Crippen molar-refractivity contribution in [1.82, 2.24) is 0 Å². The number of aliphatic hydroxyl groups excluding tert-OH is 3. The normalized spacial score (nSPS) is 48.5. The van der Waals surface area contributed by atoms with Crippen LogP contribution in [0.4, 0.5) is 0 Å². The molecule has 5 N–H and O–H groups in total. The fourth-order valence-electron chi connectivity index (χ4n) is 9.56. The smallest absolute Gasteiger partial charge is 0.396 e. The molecule has 0 aromatic heterocycles. The summed E-state index contributed by atoms with van der Waals surface area (Å²) in [6.07, 6.45) is 4.56. The van der Waals surface area contributed by atoms with E-state index in [1.807, 2.05) is 13.8 Å². The van der Waals surface area contributed by atoms with Crippen LogP contribution in [0.25, 0.3) is 0 Å². The van der Waals surface area contributed by atoms with E-state index in [1.54, 1.807) is 0 Å². The second kappa shape index (κ2) is 10.0. The molecule has 4 fully saturated rings. The SMILES string of the molecule is CC(CO)CCC[C@@H](C)[C@H]1C[C@H](OS(=O)(=O)O)[C@H]2[C@@H]3C[C@@H](O)[C@@]4(O)C[C@@H](O)CC[C@]4(C)[C@H]3CC[C@@]21C. The molecule has 0 amide bonds. The molecule has 4 rings (SSSR count). The van der Waals surface area contributed by atoms with Crippen LogP contribution < -0.4 is 0 Å². The standard InChI is InChI=1S/C27H48O8S/c1-16(15-28)6-5-7-17(2)21-13-22(35-36(32,33)34)24-19-12-23(30)27(31)14-18(29)8-11-26(27,4)20(19)9-10-25(21,24)3/h16-24,28-31H,5-15H2,1-4H3,(H,32,33,34)/t16?,17-,18+,19-,20+,21-,22+,23-,24-,25-,26-,27+/m1/s1. The van der Waals surface area contributed by atoms with Crippen molar-refractivity contribution < 1.29 is 37.6 Å². The molecule has 0 aliphatic heterocycles. The third kappa shape index (κ3) is 4.80. The highest BCUT2D eigenvalue weighted by Gasteiger charge is 2.69. The highest BCUT2D eigenvalue weighted by Crippen LogP contribution is 2.69. The lowest BCUT2D eigenvalue weighted by Crippen LogP contribution is -2.69. The van der Waals surface area contributed by atoms with Crippen LogP contribution in [0.3, 0.4) is 0 Å². The van der Waals surface area contributed by atoms with E-state index < -0.39 is 39.7 Å². The molecule has 0 heterocycles. The van der Waals surface area contributed by atoms with Crippen molar-refractivity contribution in [2.45, 2.75) is 116 Å². The Kier molecular flexibility index (Phi) is 8.00. The molecular weight excluding hydrogens is 484 g/mol. The van der Waals surface area contributed by atoms with Gasteiger partial charge >= 0.3 is 10.4 Å². The molecule has 0 aromatic carbocycles. The number of hydrogen-bond donors (Lipinski definition) is 5. The fraction of sp³-hybridized carbons (Fsp3) is 1.00. The summed E-state index contributed by atoms with van der Waals surface area (Å²) in [5.74, 6) is 0.651. The molecule has 36 heavy (non-hydrogen) atoms. The van der Waals surface area contributed by atoms with Gasteiger partial charge in [0.2, 0.25) is 0 Å². The van der Waals surface area contributed by atoms with Gasteiger partial charge in [-0.05, 0) is 85.9 Å². The zero-order valence-corrected chi connectivity index (χ0v) is 23.2. The van der Waals surface area contributed by atoms with Crippen molar-refractivity contribution in [3.63, 3.8) is 0 Å².